The molecule has 1 unspecified atom stereocenters. The van der Waals surface area contributed by atoms with Crippen LogP contribution in [-0.4, -0.2) is 22.0 Å². The number of thiazole rings is 1. The molecule has 2 N–H and O–H groups in total. The molecular weight excluding hydrogens is 355 g/mol. The quantitative estimate of drug-likeness (QED) is 0.752. The van der Waals surface area contributed by atoms with Crippen molar-refractivity contribution in [3.05, 3.63) is 40.7 Å². The molecule has 7 heteroatoms. The summed E-state index contributed by atoms with van der Waals surface area (Å²) in [4.78, 5) is 28.6. The van der Waals surface area contributed by atoms with Crippen LogP contribution < -0.4 is 5.32 Å². The van der Waals surface area contributed by atoms with Crippen molar-refractivity contribution in [3.63, 3.8) is 0 Å². The van der Waals surface area contributed by atoms with Crippen molar-refractivity contribution < 1.29 is 19.1 Å². The topological polar surface area (TPSA) is 79.3 Å². The Hall–Kier alpha value is -2.28. The lowest BCUT2D eigenvalue weighted by molar-refractivity contribution is -0.139. The van der Waals surface area contributed by atoms with E-state index in [-0.39, 0.29) is 30.6 Å². The molecule has 0 aliphatic carbocycles. The maximum Gasteiger partial charge on any atom is 0.303 e. The van der Waals surface area contributed by atoms with Crippen molar-refractivity contribution in [3.8, 4) is 10.6 Å². The number of hydrogen-bond acceptors (Lipinski definition) is 4. The van der Waals surface area contributed by atoms with Gasteiger partial charge in [-0.15, -0.1) is 11.3 Å². The van der Waals surface area contributed by atoms with Crippen LogP contribution in [0.2, 0.25) is 0 Å². The fourth-order valence-corrected chi connectivity index (χ4v) is 3.86. The van der Waals surface area contributed by atoms with Gasteiger partial charge in [-0.2, -0.15) is 0 Å². The van der Waals surface area contributed by atoms with Crippen molar-refractivity contribution in [1.29, 1.82) is 0 Å². The maximum atomic E-state index is 13.1. The third-order valence-electron chi connectivity index (χ3n) is 3.96. The molecule has 5 nitrogen and oxygen atoms in total. The van der Waals surface area contributed by atoms with Gasteiger partial charge in [0.2, 0.25) is 5.91 Å². The number of rotatable bonds is 7. The van der Waals surface area contributed by atoms with Crippen LogP contribution in [0, 0.1) is 18.2 Å². The van der Waals surface area contributed by atoms with Gasteiger partial charge in [0.15, 0.2) is 0 Å². The molecule has 1 atom stereocenters. The van der Waals surface area contributed by atoms with E-state index in [1.807, 2.05) is 13.8 Å². The molecule has 26 heavy (non-hydrogen) atoms. The second kappa shape index (κ2) is 7.95. The highest BCUT2D eigenvalue weighted by atomic mass is 32.1. The molecule has 0 saturated carbocycles. The number of aliphatic carboxylic acids is 1. The first-order valence-corrected chi connectivity index (χ1v) is 9.13. The van der Waals surface area contributed by atoms with Crippen LogP contribution in [-0.2, 0) is 9.59 Å². The minimum absolute atomic E-state index is 0.0664. The second-order valence-corrected chi connectivity index (χ2v) is 8.21. The average Bonchev–Trinajstić information content (AvgIpc) is 2.87. The zero-order valence-electron chi connectivity index (χ0n) is 15.3. The summed E-state index contributed by atoms with van der Waals surface area (Å²) in [7, 11) is 0. The van der Waals surface area contributed by atoms with Gasteiger partial charge in [-0.25, -0.2) is 9.37 Å². The monoisotopic (exact) mass is 378 g/mol. The van der Waals surface area contributed by atoms with Gasteiger partial charge in [0.1, 0.15) is 10.8 Å². The number of aryl methyl sites for hydroxylation is 1. The van der Waals surface area contributed by atoms with Crippen LogP contribution in [0.15, 0.2) is 24.3 Å². The second-order valence-electron chi connectivity index (χ2n) is 7.18. The number of carboxylic acids is 1. The first kappa shape index (κ1) is 20.0. The number of carbonyl (C=O) groups excluding carboxylic acids is 1. The standard InChI is InChI=1S/C19H23FN2O3S/c1-11(21-15(23)9-19(3,4)10-16(24)25)17-12(2)22-18(26-17)13-5-7-14(20)8-6-13/h5-8,11H,9-10H2,1-4H3,(H,21,23)(H,24,25). The van der Waals surface area contributed by atoms with Gasteiger partial charge >= 0.3 is 5.97 Å². The molecule has 1 heterocycles. The van der Waals surface area contributed by atoms with Crippen LogP contribution in [0.4, 0.5) is 4.39 Å². The van der Waals surface area contributed by atoms with Crippen molar-refractivity contribution in [2.24, 2.45) is 5.41 Å². The van der Waals surface area contributed by atoms with Gasteiger partial charge in [-0.3, -0.25) is 9.59 Å². The normalized spacial score (nSPS) is 12.7. The molecule has 0 bridgehead atoms. The van der Waals surface area contributed by atoms with E-state index >= 15 is 0 Å². The number of carboxylic acid groups (broad SMARTS) is 1. The van der Waals surface area contributed by atoms with Gasteiger partial charge in [0.05, 0.1) is 23.0 Å². The largest absolute Gasteiger partial charge is 0.481 e. The van der Waals surface area contributed by atoms with Crippen molar-refractivity contribution in [2.45, 2.75) is 46.6 Å². The predicted molar refractivity (Wildman–Crippen MR) is 99.5 cm³/mol. The smallest absolute Gasteiger partial charge is 0.303 e. The van der Waals surface area contributed by atoms with Crippen molar-refractivity contribution in [1.82, 2.24) is 10.3 Å². The fraction of sp³-hybridized carbons (Fsp3) is 0.421. The number of amides is 1. The van der Waals surface area contributed by atoms with E-state index in [4.69, 9.17) is 5.11 Å². The number of aromatic nitrogens is 1. The molecule has 0 radical (unpaired) electrons. The molecule has 140 valence electrons. The summed E-state index contributed by atoms with van der Waals surface area (Å²) in [6.07, 6.45) is 0.0649. The van der Waals surface area contributed by atoms with E-state index in [1.165, 1.54) is 23.5 Å². The molecule has 0 aliphatic heterocycles. The van der Waals surface area contributed by atoms with Gasteiger partial charge in [0, 0.05) is 12.0 Å². The molecule has 1 aromatic heterocycles. The minimum atomic E-state index is -0.918. The lowest BCUT2D eigenvalue weighted by Gasteiger charge is -2.23. The summed E-state index contributed by atoms with van der Waals surface area (Å²) >= 11 is 1.45. The number of benzene rings is 1. The Morgan fingerprint density at radius 3 is 2.46 bits per heavy atom. The zero-order valence-corrected chi connectivity index (χ0v) is 16.1. The highest BCUT2D eigenvalue weighted by molar-refractivity contribution is 7.15. The van der Waals surface area contributed by atoms with E-state index in [2.05, 4.69) is 10.3 Å². The average molecular weight is 378 g/mol. The van der Waals surface area contributed by atoms with E-state index in [0.29, 0.717) is 0 Å². The number of carbonyl (C=O) groups is 2. The highest BCUT2D eigenvalue weighted by Gasteiger charge is 2.26. The number of hydrogen-bond donors (Lipinski definition) is 2. The van der Waals surface area contributed by atoms with Gasteiger partial charge in [-0.05, 0) is 43.5 Å². The Balaban J connectivity index is 2.07. The van der Waals surface area contributed by atoms with E-state index in [0.717, 1.165) is 21.1 Å². The Bertz CT molecular complexity index is 800. The van der Waals surface area contributed by atoms with E-state index in [9.17, 15) is 14.0 Å². The number of nitrogens with one attached hydrogen (secondary N) is 1. The summed E-state index contributed by atoms with van der Waals surface area (Å²) in [5.74, 6) is -1.41. The lowest BCUT2D eigenvalue weighted by Crippen LogP contribution is -2.31. The van der Waals surface area contributed by atoms with Crippen LogP contribution in [0.25, 0.3) is 10.6 Å². The molecule has 2 aromatic rings. The van der Waals surface area contributed by atoms with E-state index in [1.54, 1.807) is 26.0 Å². The number of nitrogens with zero attached hydrogens (tertiary/aromatic N) is 1. The first-order chi connectivity index (χ1) is 12.1. The summed E-state index contributed by atoms with van der Waals surface area (Å²) in [6, 6.07) is 5.89. The van der Waals surface area contributed by atoms with Crippen LogP contribution in [0.5, 0.6) is 0 Å². The minimum Gasteiger partial charge on any atom is -0.481 e. The van der Waals surface area contributed by atoms with Gasteiger partial charge in [0.25, 0.3) is 0 Å². The summed E-state index contributed by atoms with van der Waals surface area (Å²) in [5.41, 5.74) is 1.02. The molecule has 1 amide bonds. The maximum absolute atomic E-state index is 13.1. The SMILES string of the molecule is Cc1nc(-c2ccc(F)cc2)sc1C(C)NC(=O)CC(C)(C)CC(=O)O. The number of halogens is 1. The summed E-state index contributed by atoms with van der Waals surface area (Å²) in [5, 5.41) is 12.6. The fourth-order valence-electron chi connectivity index (χ4n) is 2.79. The first-order valence-electron chi connectivity index (χ1n) is 8.32. The van der Waals surface area contributed by atoms with Crippen molar-refractivity contribution >= 4 is 23.2 Å². The molecular formula is C19H23FN2O3S. The Labute approximate surface area is 156 Å². The third kappa shape index (κ3) is 5.36. The molecule has 0 saturated heterocycles. The lowest BCUT2D eigenvalue weighted by atomic mass is 9.85. The summed E-state index contributed by atoms with van der Waals surface area (Å²) in [6.45, 7) is 7.26. The molecule has 0 fully saturated rings. The van der Waals surface area contributed by atoms with Gasteiger partial charge in [-0.1, -0.05) is 13.8 Å². The summed E-state index contributed by atoms with van der Waals surface area (Å²) < 4.78 is 13.1. The Kier molecular flexibility index (Phi) is 6.13. The van der Waals surface area contributed by atoms with Crippen LogP contribution in [0.3, 0.4) is 0 Å². The Morgan fingerprint density at radius 1 is 1.27 bits per heavy atom. The van der Waals surface area contributed by atoms with Gasteiger partial charge < -0.3 is 10.4 Å². The van der Waals surface area contributed by atoms with E-state index < -0.39 is 11.4 Å². The third-order valence-corrected chi connectivity index (χ3v) is 5.35. The molecule has 0 aliphatic rings. The van der Waals surface area contributed by atoms with Crippen molar-refractivity contribution in [2.75, 3.05) is 0 Å². The Morgan fingerprint density at radius 2 is 1.88 bits per heavy atom. The molecule has 1 aromatic carbocycles. The highest BCUT2D eigenvalue weighted by Crippen LogP contribution is 2.32. The van der Waals surface area contributed by atoms with Crippen LogP contribution >= 0.6 is 11.3 Å². The molecule has 0 spiro atoms. The van der Waals surface area contributed by atoms with Crippen LogP contribution in [0.1, 0.15) is 50.2 Å². The molecule has 2 rings (SSSR count). The zero-order chi connectivity index (χ0) is 19.5. The predicted octanol–water partition coefficient (Wildman–Crippen LogP) is 4.33.